The van der Waals surface area contributed by atoms with Gasteiger partial charge in [-0.2, -0.15) is 0 Å². The highest BCUT2D eigenvalue weighted by atomic mass is 16.2. The van der Waals surface area contributed by atoms with Gasteiger partial charge in [0.2, 0.25) is 5.91 Å². The summed E-state index contributed by atoms with van der Waals surface area (Å²) >= 11 is 0. The zero-order valence-electron chi connectivity index (χ0n) is 11.4. The predicted molar refractivity (Wildman–Crippen MR) is 72.5 cm³/mol. The Morgan fingerprint density at radius 3 is 3.11 bits per heavy atom. The lowest BCUT2D eigenvalue weighted by Gasteiger charge is -2.31. The van der Waals surface area contributed by atoms with Crippen LogP contribution in [0.4, 0.5) is 0 Å². The smallest absolute Gasteiger partial charge is 0.237 e. The number of nitrogens with zero attached hydrogens (tertiary/aromatic N) is 1. The molecule has 1 aromatic rings. The van der Waals surface area contributed by atoms with Gasteiger partial charge in [-0.25, -0.2) is 4.98 Å². The number of amides is 1. The molecule has 5 heteroatoms. The molecule has 1 fully saturated rings. The molecule has 0 aromatic carbocycles. The van der Waals surface area contributed by atoms with Gasteiger partial charge < -0.3 is 10.3 Å². The minimum absolute atomic E-state index is 0.132. The fourth-order valence-electron chi connectivity index (χ4n) is 3.17. The second kappa shape index (κ2) is 5.33. The summed E-state index contributed by atoms with van der Waals surface area (Å²) in [7, 11) is 0. The summed E-state index contributed by atoms with van der Waals surface area (Å²) < 4.78 is 0. The molecule has 1 amide bonds. The molecule has 3 atom stereocenters. The zero-order valence-corrected chi connectivity index (χ0v) is 11.4. The van der Waals surface area contributed by atoms with Crippen LogP contribution in [-0.2, 0) is 17.8 Å². The van der Waals surface area contributed by atoms with E-state index in [-0.39, 0.29) is 11.9 Å². The number of H-pyrrole nitrogens is 1. The van der Waals surface area contributed by atoms with Crippen molar-refractivity contribution in [3.05, 3.63) is 17.7 Å². The van der Waals surface area contributed by atoms with Crippen LogP contribution < -0.4 is 10.6 Å². The monoisotopic (exact) mass is 262 g/mol. The largest absolute Gasteiger partial charge is 0.352 e. The number of hydrogen-bond acceptors (Lipinski definition) is 3. The number of rotatable bonds is 2. The molecule has 2 aliphatic rings. The number of hydrogen-bond donors (Lipinski definition) is 3. The van der Waals surface area contributed by atoms with Crippen molar-refractivity contribution >= 4 is 5.91 Å². The van der Waals surface area contributed by atoms with Crippen molar-refractivity contribution in [2.75, 3.05) is 0 Å². The minimum atomic E-state index is -0.134. The van der Waals surface area contributed by atoms with Gasteiger partial charge in [-0.05, 0) is 18.8 Å². The van der Waals surface area contributed by atoms with Gasteiger partial charge in [0.25, 0.3) is 0 Å². The Labute approximate surface area is 113 Å². The Morgan fingerprint density at radius 2 is 2.26 bits per heavy atom. The van der Waals surface area contributed by atoms with E-state index in [9.17, 15) is 4.79 Å². The van der Waals surface area contributed by atoms with Gasteiger partial charge in [0.15, 0.2) is 0 Å². The van der Waals surface area contributed by atoms with Gasteiger partial charge >= 0.3 is 0 Å². The summed E-state index contributed by atoms with van der Waals surface area (Å²) in [5.74, 6) is 0.731. The predicted octanol–water partition coefficient (Wildman–Crippen LogP) is 1.12. The zero-order chi connectivity index (χ0) is 13.2. The highest BCUT2D eigenvalue weighted by Gasteiger charge is 2.29. The Balaban J connectivity index is 1.59. The summed E-state index contributed by atoms with van der Waals surface area (Å²) in [6.07, 6.45) is 7.27. The fraction of sp³-hybridized carbons (Fsp3) is 0.714. The molecule has 1 aliphatic carbocycles. The second-order valence-electron chi connectivity index (χ2n) is 5.84. The van der Waals surface area contributed by atoms with Crippen molar-refractivity contribution in [2.45, 2.75) is 57.7 Å². The van der Waals surface area contributed by atoms with Crippen molar-refractivity contribution in [3.63, 3.8) is 0 Å². The first-order valence-corrected chi connectivity index (χ1v) is 7.29. The molecule has 1 aliphatic heterocycles. The third kappa shape index (κ3) is 2.66. The number of fused-ring (bicyclic) bond motifs is 1. The lowest BCUT2D eigenvalue weighted by atomic mass is 9.85. The summed E-state index contributed by atoms with van der Waals surface area (Å²) in [5, 5.41) is 6.50. The first-order chi connectivity index (χ1) is 9.24. The molecule has 5 nitrogen and oxygen atoms in total. The molecule has 3 unspecified atom stereocenters. The molecular formula is C14H22N4O. The number of nitrogens with one attached hydrogen (secondary N) is 3. The number of aromatic nitrogens is 2. The Bertz CT molecular complexity index is 456. The van der Waals surface area contributed by atoms with Crippen LogP contribution in [0, 0.1) is 5.92 Å². The molecule has 3 N–H and O–H groups in total. The summed E-state index contributed by atoms with van der Waals surface area (Å²) in [6.45, 7) is 2.94. The maximum Gasteiger partial charge on any atom is 0.237 e. The summed E-state index contributed by atoms with van der Waals surface area (Å²) in [4.78, 5) is 19.7. The topological polar surface area (TPSA) is 69.8 Å². The third-order valence-corrected chi connectivity index (χ3v) is 4.49. The van der Waals surface area contributed by atoms with Gasteiger partial charge in [-0.3, -0.25) is 10.1 Å². The third-order valence-electron chi connectivity index (χ3n) is 4.49. The standard InChI is InChI=1S/C14H22N4O/c1-9-4-2-3-5-10(9)18-14(19)12-6-11-13(7-15-12)17-8-16-11/h8-10,12,15H,2-7H2,1H3,(H,16,17)(H,18,19). The molecule has 0 bridgehead atoms. The van der Waals surface area contributed by atoms with Gasteiger partial charge in [-0.15, -0.1) is 0 Å². The van der Waals surface area contributed by atoms with Crippen LogP contribution in [0.1, 0.15) is 44.0 Å². The molecule has 2 heterocycles. The number of carbonyl (C=O) groups is 1. The van der Waals surface area contributed by atoms with E-state index in [1.807, 2.05) is 0 Å². The van der Waals surface area contributed by atoms with Crippen molar-refractivity contribution in [3.8, 4) is 0 Å². The molecule has 0 spiro atoms. The molecule has 19 heavy (non-hydrogen) atoms. The van der Waals surface area contributed by atoms with Crippen LogP contribution in [-0.4, -0.2) is 28.0 Å². The van der Waals surface area contributed by atoms with Crippen LogP contribution in [0.3, 0.4) is 0 Å². The van der Waals surface area contributed by atoms with E-state index in [0.29, 0.717) is 24.9 Å². The minimum Gasteiger partial charge on any atom is -0.352 e. The maximum atomic E-state index is 12.3. The highest BCUT2D eigenvalue weighted by Crippen LogP contribution is 2.24. The molecule has 1 saturated carbocycles. The Morgan fingerprint density at radius 1 is 1.42 bits per heavy atom. The van der Waals surface area contributed by atoms with Crippen LogP contribution in [0.25, 0.3) is 0 Å². The molecule has 1 aromatic heterocycles. The van der Waals surface area contributed by atoms with Gasteiger partial charge in [0, 0.05) is 19.0 Å². The first kappa shape index (κ1) is 12.7. The van der Waals surface area contributed by atoms with E-state index in [0.717, 1.165) is 17.8 Å². The maximum absolute atomic E-state index is 12.3. The highest BCUT2D eigenvalue weighted by molar-refractivity contribution is 5.82. The molecular weight excluding hydrogens is 240 g/mol. The van der Waals surface area contributed by atoms with Crippen LogP contribution in [0.5, 0.6) is 0 Å². The van der Waals surface area contributed by atoms with E-state index < -0.39 is 0 Å². The van der Waals surface area contributed by atoms with Crippen LogP contribution >= 0.6 is 0 Å². The first-order valence-electron chi connectivity index (χ1n) is 7.29. The van der Waals surface area contributed by atoms with Crippen molar-refractivity contribution in [1.29, 1.82) is 0 Å². The summed E-state index contributed by atoms with van der Waals surface area (Å²) in [5.41, 5.74) is 2.13. The Hall–Kier alpha value is -1.36. The van der Waals surface area contributed by atoms with Crippen molar-refractivity contribution in [2.24, 2.45) is 5.92 Å². The SMILES string of the molecule is CC1CCCCC1NC(=O)C1Cc2nc[nH]c2CN1. The molecule has 0 radical (unpaired) electrons. The molecule has 0 saturated heterocycles. The second-order valence-corrected chi connectivity index (χ2v) is 5.84. The van der Waals surface area contributed by atoms with E-state index in [2.05, 4.69) is 27.5 Å². The average Bonchev–Trinajstić information content (AvgIpc) is 2.88. The van der Waals surface area contributed by atoms with E-state index >= 15 is 0 Å². The molecule has 104 valence electrons. The Kier molecular flexibility index (Phi) is 3.55. The normalized spacial score (nSPS) is 30.7. The number of aromatic amines is 1. The number of imidazole rings is 1. The van der Waals surface area contributed by atoms with Crippen molar-refractivity contribution in [1.82, 2.24) is 20.6 Å². The van der Waals surface area contributed by atoms with Gasteiger partial charge in [0.1, 0.15) is 0 Å². The quantitative estimate of drug-likeness (QED) is 0.748. The van der Waals surface area contributed by atoms with E-state index in [4.69, 9.17) is 0 Å². The van der Waals surface area contributed by atoms with E-state index in [1.54, 1.807) is 6.33 Å². The lowest BCUT2D eigenvalue weighted by Crippen LogP contribution is -2.52. The average molecular weight is 262 g/mol. The molecule has 3 rings (SSSR count). The lowest BCUT2D eigenvalue weighted by molar-refractivity contribution is -0.124. The van der Waals surface area contributed by atoms with Crippen LogP contribution in [0.15, 0.2) is 6.33 Å². The van der Waals surface area contributed by atoms with Gasteiger partial charge in [0.05, 0.1) is 23.8 Å². The van der Waals surface area contributed by atoms with E-state index in [1.165, 1.54) is 19.3 Å². The summed E-state index contributed by atoms with van der Waals surface area (Å²) in [6, 6.07) is 0.216. The van der Waals surface area contributed by atoms with Crippen LogP contribution in [0.2, 0.25) is 0 Å². The van der Waals surface area contributed by atoms with Crippen molar-refractivity contribution < 1.29 is 4.79 Å². The fourth-order valence-corrected chi connectivity index (χ4v) is 3.17. The number of carbonyl (C=O) groups excluding carboxylic acids is 1. The van der Waals surface area contributed by atoms with Gasteiger partial charge in [-0.1, -0.05) is 19.8 Å².